The number of nitrogens with zero attached hydrogens (tertiary/aromatic N) is 1. The lowest BCUT2D eigenvalue weighted by Gasteiger charge is -2.13. The van der Waals surface area contributed by atoms with Crippen molar-refractivity contribution in [1.82, 2.24) is 5.32 Å². The van der Waals surface area contributed by atoms with Gasteiger partial charge in [-0.05, 0) is 40.8 Å². The Labute approximate surface area is 146 Å². The summed E-state index contributed by atoms with van der Waals surface area (Å²) in [5.74, 6) is 0.690. The predicted molar refractivity (Wildman–Crippen MR) is 97.7 cm³/mol. The van der Waals surface area contributed by atoms with Crippen molar-refractivity contribution >= 4 is 39.4 Å². The lowest BCUT2D eigenvalue weighted by atomic mass is 9.96. The number of benzene rings is 1. The maximum Gasteiger partial charge on any atom is 0.224 e. The van der Waals surface area contributed by atoms with Crippen molar-refractivity contribution in [2.24, 2.45) is 5.92 Å². The fourth-order valence-electron chi connectivity index (χ4n) is 3.61. The van der Waals surface area contributed by atoms with E-state index in [9.17, 15) is 4.79 Å². The monoisotopic (exact) mass is 375 g/mol. The molecule has 4 heteroatoms. The van der Waals surface area contributed by atoms with Crippen molar-refractivity contribution in [1.29, 1.82) is 0 Å². The number of rotatable bonds is 3. The lowest BCUT2D eigenvalue weighted by Crippen LogP contribution is -2.24. The maximum atomic E-state index is 12.5. The number of carbonyl (C=O) groups excluding carboxylic acids is 1. The minimum Gasteiger partial charge on any atom is -0.320 e. The molecule has 1 fully saturated rings. The molecule has 122 valence electrons. The van der Waals surface area contributed by atoms with Crippen LogP contribution in [0, 0.1) is 5.92 Å². The minimum absolute atomic E-state index is 0.141. The molecule has 0 unspecified atom stereocenters. The van der Waals surface area contributed by atoms with Gasteiger partial charge in [0.2, 0.25) is 11.6 Å². The highest BCUT2D eigenvalue weighted by atomic mass is 79.9. The molecule has 23 heavy (non-hydrogen) atoms. The number of carbonyl (C=O) groups is 1. The Bertz CT molecular complexity index is 655. The molecule has 1 aliphatic carbocycles. The largest absolute Gasteiger partial charge is 0.320 e. The summed E-state index contributed by atoms with van der Waals surface area (Å²) in [5, 5.41) is 3.14. The fraction of sp³-hybridized carbons (Fsp3) is 0.474. The first-order chi connectivity index (χ1) is 11.2. The molecule has 0 aromatic heterocycles. The maximum absolute atomic E-state index is 12.5. The molecule has 0 radical (unpaired) electrons. The summed E-state index contributed by atoms with van der Waals surface area (Å²) in [5.41, 5.74) is 3.07. The number of hydrogen-bond donors (Lipinski definition) is 1. The zero-order valence-corrected chi connectivity index (χ0v) is 15.2. The standard InChI is InChI=1S/C19H23BrN2O/c1-2-22-13-16(19-15(20)10-7-11-17(19)22)21-18(23)12-14-8-5-3-4-6-9-14/h2,7,10-11,13-14H,3-6,8-9,12H2,1H3/p+1. The second-order valence-electron chi connectivity index (χ2n) is 6.45. The van der Waals surface area contributed by atoms with Crippen LogP contribution in [-0.2, 0) is 4.79 Å². The van der Waals surface area contributed by atoms with E-state index in [4.69, 9.17) is 0 Å². The zero-order valence-electron chi connectivity index (χ0n) is 13.6. The van der Waals surface area contributed by atoms with Crippen LogP contribution in [0.25, 0.3) is 5.70 Å². The van der Waals surface area contributed by atoms with Crippen LogP contribution in [-0.4, -0.2) is 16.7 Å². The third kappa shape index (κ3) is 3.74. The molecule has 0 spiro atoms. The van der Waals surface area contributed by atoms with Crippen LogP contribution in [0.3, 0.4) is 0 Å². The SMILES string of the molecule is CC=[N+]1C=C(NC(=O)CC2CCCCCC2)c2c(Br)cccc21. The number of hydrogen-bond acceptors (Lipinski definition) is 1. The Morgan fingerprint density at radius 2 is 2.04 bits per heavy atom. The summed E-state index contributed by atoms with van der Waals surface area (Å²) in [6.45, 7) is 2.00. The molecule has 1 aromatic carbocycles. The van der Waals surface area contributed by atoms with Crippen molar-refractivity contribution in [3.05, 3.63) is 34.4 Å². The number of halogens is 1. The van der Waals surface area contributed by atoms with Crippen molar-refractivity contribution < 1.29 is 9.37 Å². The van der Waals surface area contributed by atoms with Crippen molar-refractivity contribution in [2.75, 3.05) is 0 Å². The van der Waals surface area contributed by atoms with Gasteiger partial charge in [0, 0.05) is 23.9 Å². The first kappa shape index (κ1) is 16.4. The third-order valence-corrected chi connectivity index (χ3v) is 5.47. The van der Waals surface area contributed by atoms with Gasteiger partial charge in [-0.15, -0.1) is 0 Å². The van der Waals surface area contributed by atoms with E-state index in [1.165, 1.54) is 38.5 Å². The third-order valence-electron chi connectivity index (χ3n) is 4.81. The van der Waals surface area contributed by atoms with Crippen molar-refractivity contribution in [3.8, 4) is 0 Å². The Balaban J connectivity index is 1.72. The van der Waals surface area contributed by atoms with Crippen LogP contribution < -0.4 is 5.32 Å². The van der Waals surface area contributed by atoms with Crippen LogP contribution in [0.5, 0.6) is 0 Å². The van der Waals surface area contributed by atoms with Gasteiger partial charge in [-0.1, -0.05) is 31.7 Å². The molecule has 1 heterocycles. The Morgan fingerprint density at radius 1 is 1.30 bits per heavy atom. The fourth-order valence-corrected chi connectivity index (χ4v) is 4.18. The highest BCUT2D eigenvalue weighted by molar-refractivity contribution is 9.10. The number of fused-ring (bicyclic) bond motifs is 1. The summed E-state index contributed by atoms with van der Waals surface area (Å²) < 4.78 is 3.07. The summed E-state index contributed by atoms with van der Waals surface area (Å²) in [6, 6.07) is 6.11. The molecule has 1 N–H and O–H groups in total. The molecule has 2 aliphatic rings. The molecule has 1 aromatic rings. The van der Waals surface area contributed by atoms with E-state index >= 15 is 0 Å². The van der Waals surface area contributed by atoms with E-state index in [0.717, 1.165) is 21.4 Å². The molecule has 1 aliphatic heterocycles. The van der Waals surface area contributed by atoms with Crippen molar-refractivity contribution in [2.45, 2.75) is 51.9 Å². The van der Waals surface area contributed by atoms with E-state index in [-0.39, 0.29) is 5.91 Å². The normalized spacial score (nSPS) is 20.1. The molecule has 1 saturated carbocycles. The Kier molecular flexibility index (Phi) is 5.31. The molecule has 0 saturated heterocycles. The Hall–Kier alpha value is -1.42. The van der Waals surface area contributed by atoms with Gasteiger partial charge in [0.25, 0.3) is 0 Å². The van der Waals surface area contributed by atoms with Crippen LogP contribution in [0.4, 0.5) is 5.69 Å². The lowest BCUT2D eigenvalue weighted by molar-refractivity contribution is -0.350. The summed E-state index contributed by atoms with van der Waals surface area (Å²) in [7, 11) is 0. The quantitative estimate of drug-likeness (QED) is 0.586. The minimum atomic E-state index is 0.141. The van der Waals surface area contributed by atoms with Gasteiger partial charge in [0.05, 0.1) is 5.56 Å². The van der Waals surface area contributed by atoms with E-state index in [1.54, 1.807) is 0 Å². The van der Waals surface area contributed by atoms with Gasteiger partial charge in [-0.2, -0.15) is 4.58 Å². The average molecular weight is 376 g/mol. The van der Waals surface area contributed by atoms with Crippen molar-refractivity contribution in [3.63, 3.8) is 0 Å². The smallest absolute Gasteiger partial charge is 0.224 e. The van der Waals surface area contributed by atoms with Crippen LogP contribution >= 0.6 is 15.9 Å². The molecular weight excluding hydrogens is 352 g/mol. The van der Waals surface area contributed by atoms with E-state index in [0.29, 0.717) is 12.3 Å². The topological polar surface area (TPSA) is 32.1 Å². The number of nitrogens with one attached hydrogen (secondary N) is 1. The van der Waals surface area contributed by atoms with Gasteiger partial charge in [0.1, 0.15) is 11.9 Å². The van der Waals surface area contributed by atoms with Gasteiger partial charge in [0.15, 0.2) is 6.20 Å². The zero-order chi connectivity index (χ0) is 16.2. The summed E-state index contributed by atoms with van der Waals surface area (Å²) in [4.78, 5) is 12.5. The molecular formula is C19H24BrN2O+. The molecule has 1 amide bonds. The second-order valence-corrected chi connectivity index (χ2v) is 7.31. The first-order valence-electron chi connectivity index (χ1n) is 8.57. The van der Waals surface area contributed by atoms with Crippen LogP contribution in [0.2, 0.25) is 0 Å². The highest BCUT2D eigenvalue weighted by Crippen LogP contribution is 2.37. The molecule has 3 rings (SSSR count). The summed E-state index contributed by atoms with van der Waals surface area (Å²) in [6.07, 6.45) is 12.2. The second kappa shape index (κ2) is 7.43. The van der Waals surface area contributed by atoms with Crippen LogP contribution in [0.1, 0.15) is 57.4 Å². The molecule has 0 atom stereocenters. The van der Waals surface area contributed by atoms with E-state index in [1.807, 2.05) is 31.5 Å². The number of amides is 1. The predicted octanol–water partition coefficient (Wildman–Crippen LogP) is 4.97. The first-order valence-corrected chi connectivity index (χ1v) is 9.36. The molecule has 0 bridgehead atoms. The molecule has 3 nitrogen and oxygen atoms in total. The summed E-state index contributed by atoms with van der Waals surface area (Å²) >= 11 is 3.61. The van der Waals surface area contributed by atoms with E-state index in [2.05, 4.69) is 31.9 Å². The highest BCUT2D eigenvalue weighted by Gasteiger charge is 2.29. The van der Waals surface area contributed by atoms with E-state index < -0.39 is 0 Å². The van der Waals surface area contributed by atoms with Gasteiger partial charge in [-0.25, -0.2) is 0 Å². The average Bonchev–Trinajstić information content (AvgIpc) is 2.70. The van der Waals surface area contributed by atoms with Gasteiger partial charge >= 0.3 is 0 Å². The van der Waals surface area contributed by atoms with Gasteiger partial charge in [-0.3, -0.25) is 4.79 Å². The Morgan fingerprint density at radius 3 is 2.74 bits per heavy atom. The van der Waals surface area contributed by atoms with Gasteiger partial charge < -0.3 is 5.32 Å². The van der Waals surface area contributed by atoms with Crippen LogP contribution in [0.15, 0.2) is 28.9 Å².